The lowest BCUT2D eigenvalue weighted by Gasteiger charge is -2.25. The van der Waals surface area contributed by atoms with Crippen LogP contribution in [0, 0.1) is 11.3 Å². The number of hydrogen-bond acceptors (Lipinski definition) is 5. The first-order valence-electron chi connectivity index (χ1n) is 9.48. The summed E-state index contributed by atoms with van der Waals surface area (Å²) in [4.78, 5) is 4.81. The van der Waals surface area contributed by atoms with Crippen LogP contribution in [0.4, 0.5) is 5.69 Å². The summed E-state index contributed by atoms with van der Waals surface area (Å²) in [6.45, 7) is 5.45. The molecule has 1 aliphatic rings. The van der Waals surface area contributed by atoms with Crippen LogP contribution in [0.5, 0.6) is 0 Å². The minimum absolute atomic E-state index is 0.196. The molecular weight excluding hydrogens is 368 g/mol. The van der Waals surface area contributed by atoms with E-state index in [1.165, 1.54) is 5.56 Å². The second kappa shape index (κ2) is 10.0. The molecule has 1 fully saturated rings. The van der Waals surface area contributed by atoms with Crippen LogP contribution in [0.15, 0.2) is 48.5 Å². The van der Waals surface area contributed by atoms with Crippen molar-refractivity contribution in [3.63, 3.8) is 0 Å². The van der Waals surface area contributed by atoms with Crippen LogP contribution < -0.4 is 21.5 Å². The van der Waals surface area contributed by atoms with Crippen molar-refractivity contribution in [1.82, 2.24) is 15.8 Å². The van der Waals surface area contributed by atoms with Gasteiger partial charge in [-0.25, -0.2) is 5.43 Å². The van der Waals surface area contributed by atoms with Gasteiger partial charge in [-0.2, -0.15) is 5.26 Å². The highest BCUT2D eigenvalue weighted by atomic mass is 32.1. The minimum Gasteiger partial charge on any atom is -0.375 e. The SMILES string of the molecule is N#Cc1cc(CNNC(N)=S)ccc1N1CCCN(Cc2ccccc2)CC1. The minimum atomic E-state index is 0.196. The molecule has 0 radical (unpaired) electrons. The lowest BCUT2D eigenvalue weighted by Crippen LogP contribution is -2.40. The standard InChI is InChI=1S/C21H26N6S/c22-14-19-13-18(15-24-25-21(23)28)7-8-20(19)27-10-4-9-26(11-12-27)16-17-5-2-1-3-6-17/h1-3,5-8,13,24H,4,9-12,15-16H2,(H3,23,25,28). The van der Waals surface area contributed by atoms with E-state index in [1.807, 2.05) is 18.2 Å². The largest absolute Gasteiger partial charge is 0.375 e. The summed E-state index contributed by atoms with van der Waals surface area (Å²) >= 11 is 4.77. The third-order valence-corrected chi connectivity index (χ3v) is 4.97. The lowest BCUT2D eigenvalue weighted by molar-refractivity contribution is 0.285. The first-order valence-corrected chi connectivity index (χ1v) is 9.89. The highest BCUT2D eigenvalue weighted by Crippen LogP contribution is 2.23. The van der Waals surface area contributed by atoms with Crippen molar-refractivity contribution in [2.75, 3.05) is 31.1 Å². The lowest BCUT2D eigenvalue weighted by atomic mass is 10.1. The molecule has 2 aromatic carbocycles. The van der Waals surface area contributed by atoms with Gasteiger partial charge in [-0.3, -0.25) is 10.3 Å². The normalized spacial score (nSPS) is 14.9. The average Bonchev–Trinajstić information content (AvgIpc) is 2.94. The van der Waals surface area contributed by atoms with Gasteiger partial charge in [0.05, 0.1) is 11.3 Å². The smallest absolute Gasteiger partial charge is 0.178 e. The van der Waals surface area contributed by atoms with E-state index in [-0.39, 0.29) is 5.11 Å². The monoisotopic (exact) mass is 394 g/mol. The van der Waals surface area contributed by atoms with Crippen molar-refractivity contribution < 1.29 is 0 Å². The van der Waals surface area contributed by atoms with Crippen LogP contribution in [0.1, 0.15) is 23.1 Å². The molecule has 0 amide bonds. The van der Waals surface area contributed by atoms with E-state index in [0.29, 0.717) is 12.1 Å². The second-order valence-electron chi connectivity index (χ2n) is 6.91. The Kier molecular flexibility index (Phi) is 7.20. The van der Waals surface area contributed by atoms with Crippen LogP contribution in [0.25, 0.3) is 0 Å². The molecule has 3 rings (SSSR count). The summed E-state index contributed by atoms with van der Waals surface area (Å²) in [5, 5.41) is 9.84. The summed E-state index contributed by atoms with van der Waals surface area (Å²) in [5.41, 5.74) is 15.1. The molecule has 0 atom stereocenters. The Morgan fingerprint density at radius 3 is 2.64 bits per heavy atom. The Morgan fingerprint density at radius 1 is 1.07 bits per heavy atom. The molecule has 6 nitrogen and oxygen atoms in total. The summed E-state index contributed by atoms with van der Waals surface area (Å²) in [6, 6.07) is 18.9. The van der Waals surface area contributed by atoms with Crippen LogP contribution >= 0.6 is 12.2 Å². The number of nitriles is 1. The van der Waals surface area contributed by atoms with E-state index in [0.717, 1.165) is 50.4 Å². The van der Waals surface area contributed by atoms with Crippen LogP contribution in [0.3, 0.4) is 0 Å². The second-order valence-corrected chi connectivity index (χ2v) is 7.35. The molecule has 0 spiro atoms. The molecule has 0 saturated carbocycles. The van der Waals surface area contributed by atoms with Crippen LogP contribution in [-0.2, 0) is 13.1 Å². The fourth-order valence-corrected chi connectivity index (χ4v) is 3.58. The van der Waals surface area contributed by atoms with E-state index in [2.05, 4.69) is 57.1 Å². The molecule has 146 valence electrons. The van der Waals surface area contributed by atoms with Gasteiger partial charge in [-0.15, -0.1) is 0 Å². The summed E-state index contributed by atoms with van der Waals surface area (Å²) in [6.07, 6.45) is 1.08. The van der Waals surface area contributed by atoms with E-state index >= 15 is 0 Å². The van der Waals surface area contributed by atoms with Gasteiger partial charge in [-0.1, -0.05) is 36.4 Å². The Labute approximate surface area is 171 Å². The van der Waals surface area contributed by atoms with Gasteiger partial charge in [0.25, 0.3) is 0 Å². The predicted octanol–water partition coefficient (Wildman–Crippen LogP) is 2.11. The average molecular weight is 395 g/mol. The van der Waals surface area contributed by atoms with E-state index in [9.17, 15) is 5.26 Å². The molecule has 7 heteroatoms. The topological polar surface area (TPSA) is 80.3 Å². The van der Waals surface area contributed by atoms with Crippen molar-refractivity contribution in [2.24, 2.45) is 5.73 Å². The molecule has 1 aliphatic heterocycles. The summed E-state index contributed by atoms with van der Waals surface area (Å²) in [7, 11) is 0. The Hall–Kier alpha value is -2.66. The highest BCUT2D eigenvalue weighted by Gasteiger charge is 2.18. The number of nitrogens with one attached hydrogen (secondary N) is 2. The number of hydrogen-bond donors (Lipinski definition) is 3. The Balaban J connectivity index is 1.63. The zero-order valence-corrected chi connectivity index (χ0v) is 16.7. The zero-order valence-electron chi connectivity index (χ0n) is 15.9. The summed E-state index contributed by atoms with van der Waals surface area (Å²) in [5.74, 6) is 0. The molecule has 2 aromatic rings. The third kappa shape index (κ3) is 5.67. The summed E-state index contributed by atoms with van der Waals surface area (Å²) < 4.78 is 0. The van der Waals surface area contributed by atoms with Gasteiger partial charge in [0.1, 0.15) is 6.07 Å². The molecule has 28 heavy (non-hydrogen) atoms. The van der Waals surface area contributed by atoms with Gasteiger partial charge < -0.3 is 10.6 Å². The number of benzene rings is 2. The maximum Gasteiger partial charge on any atom is 0.178 e. The van der Waals surface area contributed by atoms with Crippen LogP contribution in [0.2, 0.25) is 0 Å². The van der Waals surface area contributed by atoms with Gasteiger partial charge in [-0.05, 0) is 41.9 Å². The van der Waals surface area contributed by atoms with Gasteiger partial charge in [0, 0.05) is 39.3 Å². The highest BCUT2D eigenvalue weighted by molar-refractivity contribution is 7.80. The molecule has 4 N–H and O–H groups in total. The zero-order chi connectivity index (χ0) is 19.8. The number of anilines is 1. The fraction of sp³-hybridized carbons (Fsp3) is 0.333. The quantitative estimate of drug-likeness (QED) is 0.511. The number of rotatable bonds is 6. The first-order chi connectivity index (χ1) is 13.7. The number of nitrogens with two attached hydrogens (primary N) is 1. The van der Waals surface area contributed by atoms with Gasteiger partial charge >= 0.3 is 0 Å². The molecule has 0 aliphatic carbocycles. The molecule has 0 aromatic heterocycles. The van der Waals surface area contributed by atoms with Crippen molar-refractivity contribution in [2.45, 2.75) is 19.5 Å². The molecule has 0 bridgehead atoms. The number of hydrazine groups is 1. The third-order valence-electron chi connectivity index (χ3n) is 4.86. The maximum absolute atomic E-state index is 9.64. The van der Waals surface area contributed by atoms with Crippen molar-refractivity contribution in [1.29, 1.82) is 5.26 Å². The van der Waals surface area contributed by atoms with E-state index in [1.54, 1.807) is 0 Å². The van der Waals surface area contributed by atoms with E-state index in [4.69, 9.17) is 18.0 Å². The van der Waals surface area contributed by atoms with Crippen LogP contribution in [-0.4, -0.2) is 36.2 Å². The van der Waals surface area contributed by atoms with Crippen molar-refractivity contribution >= 4 is 23.0 Å². The van der Waals surface area contributed by atoms with Crippen molar-refractivity contribution in [3.8, 4) is 6.07 Å². The number of nitrogens with zero attached hydrogens (tertiary/aromatic N) is 3. The Morgan fingerprint density at radius 2 is 1.89 bits per heavy atom. The van der Waals surface area contributed by atoms with Gasteiger partial charge in [0.15, 0.2) is 5.11 Å². The van der Waals surface area contributed by atoms with Gasteiger partial charge in [0.2, 0.25) is 0 Å². The maximum atomic E-state index is 9.64. The first kappa shape index (κ1) is 20.1. The van der Waals surface area contributed by atoms with Crippen molar-refractivity contribution in [3.05, 3.63) is 65.2 Å². The molecule has 1 saturated heterocycles. The molecule has 1 heterocycles. The Bertz CT molecular complexity index is 833. The number of thiocarbonyl (C=S) groups is 1. The molecular formula is C21H26N6S. The van der Waals surface area contributed by atoms with E-state index < -0.39 is 0 Å². The predicted molar refractivity (Wildman–Crippen MR) is 116 cm³/mol. The fourth-order valence-electron chi connectivity index (χ4n) is 3.50. The molecule has 0 unspecified atom stereocenters.